The number of methoxy groups -OCH3 is 2. The van der Waals surface area contributed by atoms with Crippen molar-refractivity contribution in [1.29, 1.82) is 0 Å². The molecular formula is C15H13F3O7S. The van der Waals surface area contributed by atoms with Gasteiger partial charge in [-0.1, -0.05) is 0 Å². The van der Waals surface area contributed by atoms with Gasteiger partial charge in [-0.2, -0.15) is 21.6 Å². The van der Waals surface area contributed by atoms with Crippen LogP contribution in [0.15, 0.2) is 24.3 Å². The van der Waals surface area contributed by atoms with Crippen LogP contribution in [-0.4, -0.2) is 34.1 Å². The molecule has 0 aliphatic carbocycles. The number of alkyl halides is 3. The highest BCUT2D eigenvalue weighted by Crippen LogP contribution is 2.42. The molecule has 0 unspecified atom stereocenters. The molecule has 11 heteroatoms. The zero-order valence-electron chi connectivity index (χ0n) is 13.7. The molecule has 2 aromatic rings. The van der Waals surface area contributed by atoms with E-state index in [1.165, 1.54) is 26.4 Å². The van der Waals surface area contributed by atoms with Crippen molar-refractivity contribution >= 4 is 26.9 Å². The fourth-order valence-corrected chi connectivity index (χ4v) is 2.60. The molecule has 0 aliphatic rings. The van der Waals surface area contributed by atoms with Crippen molar-refractivity contribution in [2.45, 2.75) is 12.4 Å². The first kappa shape index (κ1) is 19.6. The van der Waals surface area contributed by atoms with E-state index in [1.807, 2.05) is 0 Å². The average Bonchev–Trinajstić information content (AvgIpc) is 2.52. The number of halogens is 3. The van der Waals surface area contributed by atoms with Crippen LogP contribution in [0.2, 0.25) is 0 Å². The van der Waals surface area contributed by atoms with Crippen molar-refractivity contribution < 1.29 is 44.8 Å². The molecule has 0 amide bonds. The van der Waals surface area contributed by atoms with E-state index in [1.54, 1.807) is 0 Å². The van der Waals surface area contributed by atoms with E-state index in [4.69, 9.17) is 14.2 Å². The van der Waals surface area contributed by atoms with Gasteiger partial charge < -0.3 is 18.4 Å². The molecule has 0 spiro atoms. The predicted octanol–water partition coefficient (Wildman–Crippen LogP) is 3.01. The summed E-state index contributed by atoms with van der Waals surface area (Å²) < 4.78 is 79.5. The van der Waals surface area contributed by atoms with Crippen LogP contribution in [0.4, 0.5) is 13.2 Å². The van der Waals surface area contributed by atoms with Gasteiger partial charge >= 0.3 is 21.6 Å². The Balaban J connectivity index is 2.74. The van der Waals surface area contributed by atoms with E-state index in [9.17, 15) is 26.4 Å². The van der Waals surface area contributed by atoms with Crippen LogP contribution < -0.4 is 18.4 Å². The third-order valence-corrected chi connectivity index (χ3v) is 4.14. The number of hydrogen-bond acceptors (Lipinski definition) is 7. The lowest BCUT2D eigenvalue weighted by Crippen LogP contribution is -2.28. The smallest absolute Gasteiger partial charge is 0.496 e. The zero-order valence-corrected chi connectivity index (χ0v) is 14.5. The largest absolute Gasteiger partial charge is 0.534 e. The van der Waals surface area contributed by atoms with Crippen molar-refractivity contribution in [3.05, 3.63) is 24.3 Å². The fraction of sp³-hybridized carbons (Fsp3) is 0.267. The first-order valence-corrected chi connectivity index (χ1v) is 8.29. The van der Waals surface area contributed by atoms with Gasteiger partial charge in [0.1, 0.15) is 23.0 Å². The second-order valence-corrected chi connectivity index (χ2v) is 6.43. The second-order valence-electron chi connectivity index (χ2n) is 4.89. The van der Waals surface area contributed by atoms with E-state index in [0.717, 1.165) is 19.1 Å². The monoisotopic (exact) mass is 394 g/mol. The summed E-state index contributed by atoms with van der Waals surface area (Å²) in [5, 5.41) is 0.316. The molecule has 0 saturated heterocycles. The summed E-state index contributed by atoms with van der Waals surface area (Å²) in [5.41, 5.74) is -5.61. The lowest BCUT2D eigenvalue weighted by molar-refractivity contribution is -0.131. The second kappa shape index (κ2) is 6.90. The standard InChI is InChI=1S/C15H13F3O7S/c1-8(19)24-11-4-5-12(22-2)14-10(11)6-9(7-13(14)23-3)25-26(20,21)15(16,17)18/h4-7H,1-3H3. The first-order valence-electron chi connectivity index (χ1n) is 6.88. The molecule has 0 aromatic heterocycles. The Morgan fingerprint density at radius 2 is 1.58 bits per heavy atom. The summed E-state index contributed by atoms with van der Waals surface area (Å²) in [6.07, 6.45) is 0. The number of esters is 1. The average molecular weight is 394 g/mol. The molecule has 0 bridgehead atoms. The molecule has 0 N–H and O–H groups in total. The SMILES string of the molecule is COc1ccc(OC(C)=O)c2cc(OS(=O)(=O)C(F)(F)F)cc(OC)c12. The molecule has 0 saturated carbocycles. The normalized spacial score (nSPS) is 11.9. The van der Waals surface area contributed by atoms with Crippen LogP contribution >= 0.6 is 0 Å². The molecule has 0 heterocycles. The van der Waals surface area contributed by atoms with Crippen LogP contribution in [-0.2, 0) is 14.9 Å². The Labute approximate surface area is 146 Å². The van der Waals surface area contributed by atoms with Crippen molar-refractivity contribution in [1.82, 2.24) is 0 Å². The fourth-order valence-electron chi connectivity index (χ4n) is 2.16. The summed E-state index contributed by atoms with van der Waals surface area (Å²) >= 11 is 0. The highest BCUT2D eigenvalue weighted by molar-refractivity contribution is 7.88. The van der Waals surface area contributed by atoms with Gasteiger partial charge in [0.05, 0.1) is 19.6 Å². The molecule has 0 aliphatic heterocycles. The minimum absolute atomic E-state index is 0.0403. The Bertz CT molecular complexity index is 952. The van der Waals surface area contributed by atoms with Gasteiger partial charge in [0.15, 0.2) is 0 Å². The zero-order chi connectivity index (χ0) is 19.7. The maximum absolute atomic E-state index is 12.6. The van der Waals surface area contributed by atoms with Crippen LogP contribution in [0.3, 0.4) is 0 Å². The Morgan fingerprint density at radius 1 is 1.00 bits per heavy atom. The number of hydrogen-bond donors (Lipinski definition) is 0. The lowest BCUT2D eigenvalue weighted by Gasteiger charge is -2.16. The number of rotatable bonds is 5. The van der Waals surface area contributed by atoms with E-state index >= 15 is 0 Å². The maximum Gasteiger partial charge on any atom is 0.534 e. The first-order chi connectivity index (χ1) is 12.0. The molecule has 2 aromatic carbocycles. The number of fused-ring (bicyclic) bond motifs is 1. The van der Waals surface area contributed by atoms with Crippen molar-refractivity contribution in [2.24, 2.45) is 0 Å². The molecule has 0 radical (unpaired) electrons. The highest BCUT2D eigenvalue weighted by Gasteiger charge is 2.48. The highest BCUT2D eigenvalue weighted by atomic mass is 32.2. The van der Waals surface area contributed by atoms with Gasteiger partial charge in [-0.3, -0.25) is 4.79 Å². The molecule has 0 atom stereocenters. The van der Waals surface area contributed by atoms with Gasteiger partial charge in [0.2, 0.25) is 0 Å². The molecule has 142 valence electrons. The Morgan fingerprint density at radius 3 is 2.08 bits per heavy atom. The maximum atomic E-state index is 12.6. The van der Waals surface area contributed by atoms with E-state index in [-0.39, 0.29) is 28.0 Å². The third kappa shape index (κ3) is 3.77. The topological polar surface area (TPSA) is 88.1 Å². The van der Waals surface area contributed by atoms with Gasteiger partial charge in [-0.05, 0) is 18.2 Å². The van der Waals surface area contributed by atoms with Crippen molar-refractivity contribution in [2.75, 3.05) is 14.2 Å². The number of carbonyl (C=O) groups is 1. The van der Waals surface area contributed by atoms with E-state index in [0.29, 0.717) is 0 Å². The Kier molecular flexibility index (Phi) is 5.21. The summed E-state index contributed by atoms with van der Waals surface area (Å²) in [4.78, 5) is 11.3. The summed E-state index contributed by atoms with van der Waals surface area (Å²) in [6, 6.07) is 4.72. The molecule has 0 fully saturated rings. The summed E-state index contributed by atoms with van der Waals surface area (Å²) in [5.74, 6) is -1.18. The third-order valence-electron chi connectivity index (χ3n) is 3.16. The summed E-state index contributed by atoms with van der Waals surface area (Å²) in [7, 11) is -3.33. The lowest BCUT2D eigenvalue weighted by atomic mass is 10.1. The van der Waals surface area contributed by atoms with Gasteiger partial charge in [-0.15, -0.1) is 0 Å². The number of carbonyl (C=O) groups excluding carboxylic acids is 1. The summed E-state index contributed by atoms with van der Waals surface area (Å²) in [6.45, 7) is 1.13. The van der Waals surface area contributed by atoms with Crippen LogP contribution in [0.5, 0.6) is 23.0 Å². The molecular weight excluding hydrogens is 381 g/mol. The van der Waals surface area contributed by atoms with Gasteiger partial charge in [0, 0.05) is 18.4 Å². The molecule has 26 heavy (non-hydrogen) atoms. The Hall–Kier alpha value is -2.69. The van der Waals surface area contributed by atoms with E-state index < -0.39 is 27.3 Å². The van der Waals surface area contributed by atoms with Crippen LogP contribution in [0.1, 0.15) is 6.92 Å². The predicted molar refractivity (Wildman–Crippen MR) is 84.0 cm³/mol. The minimum atomic E-state index is -5.89. The minimum Gasteiger partial charge on any atom is -0.496 e. The number of ether oxygens (including phenoxy) is 3. The molecule has 7 nitrogen and oxygen atoms in total. The quantitative estimate of drug-likeness (QED) is 0.333. The van der Waals surface area contributed by atoms with Gasteiger partial charge in [-0.25, -0.2) is 0 Å². The van der Waals surface area contributed by atoms with Crippen molar-refractivity contribution in [3.63, 3.8) is 0 Å². The van der Waals surface area contributed by atoms with E-state index in [2.05, 4.69) is 4.18 Å². The van der Waals surface area contributed by atoms with Crippen molar-refractivity contribution in [3.8, 4) is 23.0 Å². The number of benzene rings is 2. The van der Waals surface area contributed by atoms with Crippen LogP contribution in [0.25, 0.3) is 10.8 Å². The van der Waals surface area contributed by atoms with Crippen LogP contribution in [0, 0.1) is 0 Å². The van der Waals surface area contributed by atoms with Gasteiger partial charge in [0.25, 0.3) is 0 Å². The molecule has 2 rings (SSSR count).